The van der Waals surface area contributed by atoms with E-state index < -0.39 is 5.41 Å². The van der Waals surface area contributed by atoms with Crippen LogP contribution in [0.5, 0.6) is 0 Å². The van der Waals surface area contributed by atoms with Crippen LogP contribution < -0.4 is 9.80 Å². The van der Waals surface area contributed by atoms with E-state index in [0.29, 0.717) is 16.3 Å². The van der Waals surface area contributed by atoms with Crippen LogP contribution in [0.2, 0.25) is 5.02 Å². The second-order valence-electron chi connectivity index (χ2n) is 9.12. The van der Waals surface area contributed by atoms with Crippen molar-refractivity contribution >= 4 is 40.9 Å². The molecule has 0 N–H and O–H groups in total. The van der Waals surface area contributed by atoms with Crippen molar-refractivity contribution in [1.82, 2.24) is 0 Å². The summed E-state index contributed by atoms with van der Waals surface area (Å²) in [5.41, 5.74) is 5.32. The van der Waals surface area contributed by atoms with Gasteiger partial charge in [-0.05, 0) is 73.0 Å². The van der Waals surface area contributed by atoms with Crippen LogP contribution in [0.15, 0.2) is 60.7 Å². The Kier molecular flexibility index (Phi) is 4.99. The molecule has 6 heteroatoms. The predicted octanol–water partition coefficient (Wildman–Crippen LogP) is 5.47. The highest BCUT2D eigenvalue weighted by Gasteiger charge is 2.44. The molecule has 0 aromatic heterocycles. The van der Waals surface area contributed by atoms with E-state index in [4.69, 9.17) is 16.9 Å². The van der Waals surface area contributed by atoms with Gasteiger partial charge in [-0.15, -0.1) is 0 Å². The minimum Gasteiger partial charge on any atom is -0.370 e. The third-order valence-corrected chi connectivity index (χ3v) is 6.96. The van der Waals surface area contributed by atoms with Crippen LogP contribution in [0.4, 0.5) is 17.1 Å². The van der Waals surface area contributed by atoms with Crippen LogP contribution in [0.3, 0.4) is 0 Å². The largest absolute Gasteiger partial charge is 0.370 e. The Morgan fingerprint density at radius 3 is 2.30 bits per heavy atom. The third-order valence-electron chi connectivity index (χ3n) is 6.65. The summed E-state index contributed by atoms with van der Waals surface area (Å²) in [6.45, 7) is 5.40. The number of hydrogen-bond donors (Lipinski definition) is 0. The molecule has 0 atom stereocenters. The van der Waals surface area contributed by atoms with Gasteiger partial charge in [-0.25, -0.2) is 0 Å². The lowest BCUT2D eigenvalue weighted by atomic mass is 9.84. The number of anilines is 3. The maximum atomic E-state index is 13.4. The standard InChI is InChI=1S/C27H22ClN3O2/c1-27(2)23-11-19(18-3-7-21(8-4-18)30-14-17(15-30)16-32)6-10-25(23)31(26(27)33)22-9-5-20(13-29)24(28)12-22/h3-12,16-17H,14-15H2,1-2H3. The van der Waals surface area contributed by atoms with Crippen molar-refractivity contribution in [2.45, 2.75) is 19.3 Å². The van der Waals surface area contributed by atoms with Crippen molar-refractivity contribution in [1.29, 1.82) is 5.26 Å². The molecule has 0 spiro atoms. The zero-order chi connectivity index (χ0) is 23.3. The number of nitrogens with zero attached hydrogens (tertiary/aromatic N) is 3. The molecule has 2 aliphatic rings. The van der Waals surface area contributed by atoms with E-state index in [1.807, 2.05) is 26.0 Å². The fourth-order valence-corrected chi connectivity index (χ4v) is 4.80. The number of carbonyl (C=O) groups excluding carboxylic acids is 2. The van der Waals surface area contributed by atoms with Crippen LogP contribution in [0, 0.1) is 17.2 Å². The second kappa shape index (κ2) is 7.75. The van der Waals surface area contributed by atoms with Crippen LogP contribution in [-0.2, 0) is 15.0 Å². The Balaban J connectivity index is 1.48. The first-order chi connectivity index (χ1) is 15.8. The molecule has 5 rings (SSSR count). The summed E-state index contributed by atoms with van der Waals surface area (Å²) in [6, 6.07) is 21.5. The van der Waals surface area contributed by atoms with Crippen LogP contribution in [0.25, 0.3) is 11.1 Å². The Morgan fingerprint density at radius 1 is 1.00 bits per heavy atom. The van der Waals surface area contributed by atoms with Gasteiger partial charge in [0.25, 0.3) is 0 Å². The molecule has 3 aromatic carbocycles. The maximum absolute atomic E-state index is 13.4. The van der Waals surface area contributed by atoms with Gasteiger partial charge in [-0.3, -0.25) is 9.69 Å². The Bertz CT molecular complexity index is 1320. The van der Waals surface area contributed by atoms with Crippen LogP contribution in [0.1, 0.15) is 25.0 Å². The molecule has 0 bridgehead atoms. The van der Waals surface area contributed by atoms with E-state index in [2.05, 4.69) is 41.3 Å². The molecule has 1 saturated heterocycles. The highest BCUT2D eigenvalue weighted by atomic mass is 35.5. The SMILES string of the molecule is CC1(C)C(=O)N(c2ccc(C#N)c(Cl)c2)c2ccc(-c3ccc(N4CC(C=O)C4)cc3)cc21. The molecule has 5 nitrogen and oxygen atoms in total. The Morgan fingerprint density at radius 2 is 1.67 bits per heavy atom. The highest BCUT2D eigenvalue weighted by molar-refractivity contribution is 6.32. The van der Waals surface area contributed by atoms with E-state index >= 15 is 0 Å². The van der Waals surface area contributed by atoms with Crippen molar-refractivity contribution in [2.24, 2.45) is 5.92 Å². The fraction of sp³-hybridized carbons (Fsp3) is 0.222. The Hall–Kier alpha value is -3.62. The monoisotopic (exact) mass is 455 g/mol. The first-order valence-electron chi connectivity index (χ1n) is 10.8. The smallest absolute Gasteiger partial charge is 0.241 e. The molecule has 0 radical (unpaired) electrons. The molecule has 0 unspecified atom stereocenters. The van der Waals surface area contributed by atoms with Crippen LogP contribution >= 0.6 is 11.6 Å². The van der Waals surface area contributed by atoms with E-state index in [1.54, 1.807) is 23.1 Å². The number of carbonyl (C=O) groups is 2. The number of aldehydes is 1. The Labute approximate surface area is 197 Å². The topological polar surface area (TPSA) is 64.4 Å². The van der Waals surface area contributed by atoms with Gasteiger partial charge in [0.1, 0.15) is 12.4 Å². The zero-order valence-corrected chi connectivity index (χ0v) is 19.1. The number of hydrogen-bond acceptors (Lipinski definition) is 4. The minimum absolute atomic E-state index is 0.0340. The maximum Gasteiger partial charge on any atom is 0.241 e. The highest BCUT2D eigenvalue weighted by Crippen LogP contribution is 2.47. The summed E-state index contributed by atoms with van der Waals surface area (Å²) < 4.78 is 0. The molecule has 164 valence electrons. The van der Waals surface area contributed by atoms with Gasteiger partial charge in [0, 0.05) is 24.7 Å². The number of benzene rings is 3. The summed E-state index contributed by atoms with van der Waals surface area (Å²) in [4.78, 5) is 28.1. The van der Waals surface area contributed by atoms with Crippen LogP contribution in [-0.4, -0.2) is 25.3 Å². The number of rotatable bonds is 4. The number of nitriles is 1. The summed E-state index contributed by atoms with van der Waals surface area (Å²) in [5.74, 6) is 0.100. The first kappa shape index (κ1) is 21.2. The molecule has 1 fully saturated rings. The molecule has 3 aromatic rings. The van der Waals surface area contributed by atoms with Crippen molar-refractivity contribution in [3.05, 3.63) is 76.8 Å². The minimum atomic E-state index is -0.701. The molecule has 33 heavy (non-hydrogen) atoms. The summed E-state index contributed by atoms with van der Waals surface area (Å²) >= 11 is 6.24. The van der Waals surface area contributed by atoms with Gasteiger partial charge in [0.05, 0.1) is 27.4 Å². The van der Waals surface area contributed by atoms with E-state index in [0.717, 1.165) is 47.4 Å². The summed E-state index contributed by atoms with van der Waals surface area (Å²) in [7, 11) is 0. The van der Waals surface area contributed by atoms with Gasteiger partial charge in [-0.2, -0.15) is 5.26 Å². The van der Waals surface area contributed by atoms with Gasteiger partial charge in [-0.1, -0.05) is 29.8 Å². The third kappa shape index (κ3) is 3.39. The molecule has 2 aliphatic heterocycles. The van der Waals surface area contributed by atoms with Crippen molar-refractivity contribution in [3.63, 3.8) is 0 Å². The zero-order valence-electron chi connectivity index (χ0n) is 18.4. The number of fused-ring (bicyclic) bond motifs is 1. The van der Waals surface area contributed by atoms with Gasteiger partial charge in [0.15, 0.2) is 0 Å². The summed E-state index contributed by atoms with van der Waals surface area (Å²) in [5, 5.41) is 9.49. The molecule has 0 saturated carbocycles. The second-order valence-corrected chi connectivity index (χ2v) is 9.53. The molecule has 2 heterocycles. The van der Waals surface area contributed by atoms with E-state index in [1.165, 1.54) is 0 Å². The molecular weight excluding hydrogens is 434 g/mol. The lowest BCUT2D eigenvalue weighted by Gasteiger charge is -2.38. The van der Waals surface area contributed by atoms with Gasteiger partial charge >= 0.3 is 0 Å². The normalized spacial score (nSPS) is 16.8. The number of amides is 1. The van der Waals surface area contributed by atoms with E-state index in [9.17, 15) is 9.59 Å². The van der Waals surface area contributed by atoms with Crippen molar-refractivity contribution in [2.75, 3.05) is 22.9 Å². The lowest BCUT2D eigenvalue weighted by Crippen LogP contribution is -2.47. The van der Waals surface area contributed by atoms with E-state index in [-0.39, 0.29) is 11.8 Å². The lowest BCUT2D eigenvalue weighted by molar-refractivity contribution is -0.121. The summed E-state index contributed by atoms with van der Waals surface area (Å²) in [6.07, 6.45) is 1.02. The predicted molar refractivity (Wildman–Crippen MR) is 130 cm³/mol. The quantitative estimate of drug-likeness (QED) is 0.489. The molecule has 1 amide bonds. The van der Waals surface area contributed by atoms with Crippen molar-refractivity contribution < 1.29 is 9.59 Å². The fourth-order valence-electron chi connectivity index (χ4n) is 4.58. The van der Waals surface area contributed by atoms with Gasteiger partial charge in [0.2, 0.25) is 5.91 Å². The van der Waals surface area contributed by atoms with Crippen molar-refractivity contribution in [3.8, 4) is 17.2 Å². The average molecular weight is 456 g/mol. The molecule has 0 aliphatic carbocycles. The van der Waals surface area contributed by atoms with Gasteiger partial charge < -0.3 is 9.69 Å². The number of halogens is 1. The molecular formula is C27H22ClN3O2. The first-order valence-corrected chi connectivity index (χ1v) is 11.2. The average Bonchev–Trinajstić information content (AvgIpc) is 2.98.